The van der Waals surface area contributed by atoms with E-state index in [1.807, 2.05) is 6.92 Å². The lowest BCUT2D eigenvalue weighted by Gasteiger charge is -2.33. The summed E-state index contributed by atoms with van der Waals surface area (Å²) in [6, 6.07) is -0.994. The predicted octanol–water partition coefficient (Wildman–Crippen LogP) is 1.06. The fraction of sp³-hybridized carbons (Fsp3) is 0.583. The standard InChI is InChI=1S/C12H15NO5S/c1-2-17-10(19)5-3-4-7-11(12(15)16)13-8(14)6-9(13)18-7/h4,9,11H,2-3,5-6H2,1H3,(H,15,16). The Labute approximate surface area is 116 Å². The van der Waals surface area contributed by atoms with Crippen molar-refractivity contribution in [2.45, 2.75) is 38.5 Å². The van der Waals surface area contributed by atoms with Gasteiger partial charge in [-0.1, -0.05) is 0 Å². The molecule has 0 bridgehead atoms. The van der Waals surface area contributed by atoms with Gasteiger partial charge in [-0.25, -0.2) is 4.79 Å². The molecule has 2 atom stereocenters. The van der Waals surface area contributed by atoms with Crippen LogP contribution >= 0.6 is 12.2 Å². The largest absolute Gasteiger partial charge is 0.487 e. The van der Waals surface area contributed by atoms with Crippen LogP contribution in [-0.4, -0.2) is 45.8 Å². The number of thiocarbonyl (C=S) groups is 1. The number of nitrogens with zero attached hydrogens (tertiary/aromatic N) is 1. The van der Waals surface area contributed by atoms with E-state index in [1.54, 1.807) is 6.08 Å². The van der Waals surface area contributed by atoms with Gasteiger partial charge in [-0.15, -0.1) is 0 Å². The van der Waals surface area contributed by atoms with Gasteiger partial charge in [-0.2, -0.15) is 0 Å². The average molecular weight is 285 g/mol. The van der Waals surface area contributed by atoms with E-state index in [0.717, 1.165) is 0 Å². The molecule has 0 radical (unpaired) electrons. The van der Waals surface area contributed by atoms with Crippen LogP contribution in [0.3, 0.4) is 0 Å². The Kier molecular flexibility index (Phi) is 4.04. The molecule has 2 aliphatic rings. The summed E-state index contributed by atoms with van der Waals surface area (Å²) in [6.07, 6.45) is 2.57. The summed E-state index contributed by atoms with van der Waals surface area (Å²) < 4.78 is 10.6. The minimum atomic E-state index is -1.07. The van der Waals surface area contributed by atoms with Crippen LogP contribution in [0.25, 0.3) is 0 Å². The number of amides is 1. The second-order valence-electron chi connectivity index (χ2n) is 4.27. The van der Waals surface area contributed by atoms with Gasteiger partial charge in [0.1, 0.15) is 5.76 Å². The number of hydrogen-bond acceptors (Lipinski definition) is 5. The second-order valence-corrected chi connectivity index (χ2v) is 4.72. The van der Waals surface area contributed by atoms with Crippen molar-refractivity contribution in [1.82, 2.24) is 4.90 Å². The van der Waals surface area contributed by atoms with Crippen molar-refractivity contribution >= 4 is 29.1 Å². The normalized spacial score (nSPS) is 26.7. The van der Waals surface area contributed by atoms with Crippen LogP contribution in [0.4, 0.5) is 0 Å². The number of rotatable bonds is 5. The van der Waals surface area contributed by atoms with Crippen molar-refractivity contribution in [3.63, 3.8) is 0 Å². The van der Waals surface area contributed by atoms with Crippen molar-refractivity contribution in [1.29, 1.82) is 0 Å². The summed E-state index contributed by atoms with van der Waals surface area (Å²) in [6.45, 7) is 2.37. The van der Waals surface area contributed by atoms with Crippen LogP contribution in [0.5, 0.6) is 0 Å². The molecule has 6 nitrogen and oxygen atoms in total. The monoisotopic (exact) mass is 285 g/mol. The first-order valence-corrected chi connectivity index (χ1v) is 6.51. The Morgan fingerprint density at radius 3 is 3.00 bits per heavy atom. The minimum absolute atomic E-state index is 0.189. The SMILES string of the molecule is CCOC(=S)CCC=C1OC2CC(=O)N2C1C(=O)O. The van der Waals surface area contributed by atoms with Crippen molar-refractivity contribution in [2.75, 3.05) is 6.61 Å². The highest BCUT2D eigenvalue weighted by Crippen LogP contribution is 2.36. The van der Waals surface area contributed by atoms with Gasteiger partial charge in [0.2, 0.25) is 5.91 Å². The van der Waals surface area contributed by atoms with E-state index < -0.39 is 18.2 Å². The first-order valence-electron chi connectivity index (χ1n) is 6.11. The fourth-order valence-corrected chi connectivity index (χ4v) is 2.37. The maximum atomic E-state index is 11.4. The Morgan fingerprint density at radius 2 is 2.42 bits per heavy atom. The fourth-order valence-electron chi connectivity index (χ4n) is 2.13. The molecule has 2 rings (SSSR count). The zero-order chi connectivity index (χ0) is 14.0. The highest BCUT2D eigenvalue weighted by molar-refractivity contribution is 7.80. The lowest BCUT2D eigenvalue weighted by atomic mass is 10.1. The number of hydrogen-bond donors (Lipinski definition) is 1. The molecule has 2 fully saturated rings. The van der Waals surface area contributed by atoms with Gasteiger partial charge >= 0.3 is 5.97 Å². The van der Waals surface area contributed by atoms with Crippen molar-refractivity contribution in [2.24, 2.45) is 0 Å². The smallest absolute Gasteiger partial charge is 0.334 e. The summed E-state index contributed by atoms with van der Waals surface area (Å²) >= 11 is 4.98. The van der Waals surface area contributed by atoms with Gasteiger partial charge in [0, 0.05) is 6.42 Å². The van der Waals surface area contributed by atoms with Crippen LogP contribution in [0.1, 0.15) is 26.2 Å². The van der Waals surface area contributed by atoms with Gasteiger partial charge in [-0.05, 0) is 31.6 Å². The first-order chi connectivity index (χ1) is 9.04. The van der Waals surface area contributed by atoms with Gasteiger partial charge < -0.3 is 14.6 Å². The van der Waals surface area contributed by atoms with Gasteiger partial charge in [0.25, 0.3) is 0 Å². The molecule has 104 valence electrons. The van der Waals surface area contributed by atoms with E-state index >= 15 is 0 Å². The average Bonchev–Trinajstić information content (AvgIpc) is 2.62. The molecule has 19 heavy (non-hydrogen) atoms. The van der Waals surface area contributed by atoms with E-state index in [-0.39, 0.29) is 12.3 Å². The topological polar surface area (TPSA) is 76.1 Å². The third-order valence-electron chi connectivity index (χ3n) is 3.00. The maximum Gasteiger partial charge on any atom is 0.334 e. The molecule has 0 saturated carbocycles. The zero-order valence-electron chi connectivity index (χ0n) is 10.5. The lowest BCUT2D eigenvalue weighted by Crippen LogP contribution is -2.54. The third kappa shape index (κ3) is 2.70. The molecule has 0 aromatic carbocycles. The highest BCUT2D eigenvalue weighted by atomic mass is 32.1. The zero-order valence-corrected chi connectivity index (χ0v) is 11.3. The molecule has 1 amide bonds. The number of aliphatic carboxylic acids is 1. The molecule has 7 heteroatoms. The Balaban J connectivity index is 1.97. The third-order valence-corrected chi connectivity index (χ3v) is 3.32. The summed E-state index contributed by atoms with van der Waals surface area (Å²) in [5, 5.41) is 9.64. The van der Waals surface area contributed by atoms with Gasteiger partial charge in [0.15, 0.2) is 17.3 Å². The van der Waals surface area contributed by atoms with Crippen LogP contribution in [0, 0.1) is 0 Å². The molecule has 0 aliphatic carbocycles. The minimum Gasteiger partial charge on any atom is -0.487 e. The Hall–Kier alpha value is -1.63. The number of ether oxygens (including phenoxy) is 2. The molecule has 2 aliphatic heterocycles. The highest BCUT2D eigenvalue weighted by Gasteiger charge is 2.53. The Bertz CT molecular complexity index is 447. The first kappa shape index (κ1) is 13.8. The quantitative estimate of drug-likeness (QED) is 0.601. The number of carboxylic acid groups (broad SMARTS) is 1. The number of carbonyl (C=O) groups excluding carboxylic acids is 1. The van der Waals surface area contributed by atoms with Crippen LogP contribution in [0.15, 0.2) is 11.8 Å². The molecular formula is C12H15NO5S. The molecule has 0 spiro atoms. The number of allylic oxidation sites excluding steroid dienone is 1. The second kappa shape index (κ2) is 5.56. The molecular weight excluding hydrogens is 270 g/mol. The van der Waals surface area contributed by atoms with Gasteiger partial charge in [-0.3, -0.25) is 9.69 Å². The van der Waals surface area contributed by atoms with E-state index in [2.05, 4.69) is 0 Å². The predicted molar refractivity (Wildman–Crippen MR) is 69.3 cm³/mol. The number of carbonyl (C=O) groups is 2. The summed E-state index contributed by atoms with van der Waals surface area (Å²) in [7, 11) is 0. The van der Waals surface area contributed by atoms with E-state index in [0.29, 0.717) is 30.3 Å². The maximum absolute atomic E-state index is 11.4. The van der Waals surface area contributed by atoms with Gasteiger partial charge in [0.05, 0.1) is 13.0 Å². The molecule has 1 N–H and O–H groups in total. The summed E-state index contributed by atoms with van der Waals surface area (Å²) in [5.74, 6) is -0.942. The van der Waals surface area contributed by atoms with Crippen LogP contribution < -0.4 is 0 Å². The lowest BCUT2D eigenvalue weighted by molar-refractivity contribution is -0.163. The molecule has 2 heterocycles. The van der Waals surface area contributed by atoms with E-state index in [1.165, 1.54) is 4.90 Å². The number of β-lactam (4-membered cyclic amide) rings is 1. The molecule has 2 unspecified atom stereocenters. The van der Waals surface area contributed by atoms with Crippen molar-refractivity contribution in [3.05, 3.63) is 11.8 Å². The molecule has 0 aromatic rings. The van der Waals surface area contributed by atoms with Crippen LogP contribution in [-0.2, 0) is 19.1 Å². The van der Waals surface area contributed by atoms with E-state index in [9.17, 15) is 9.59 Å². The van der Waals surface area contributed by atoms with E-state index in [4.69, 9.17) is 26.8 Å². The Morgan fingerprint density at radius 1 is 1.68 bits per heavy atom. The van der Waals surface area contributed by atoms with Crippen molar-refractivity contribution in [3.8, 4) is 0 Å². The summed E-state index contributed by atoms with van der Waals surface area (Å²) in [5.41, 5.74) is 0. The number of fused-ring (bicyclic) bond motifs is 1. The molecule has 0 aromatic heterocycles. The molecule has 2 saturated heterocycles. The number of carboxylic acids is 1. The van der Waals surface area contributed by atoms with Crippen LogP contribution in [0.2, 0.25) is 0 Å². The van der Waals surface area contributed by atoms with Crippen molar-refractivity contribution < 1.29 is 24.2 Å². The summed E-state index contributed by atoms with van der Waals surface area (Å²) in [4.78, 5) is 23.8.